The molecule has 0 atom stereocenters. The van der Waals surface area contributed by atoms with E-state index in [2.05, 4.69) is 256 Å². The van der Waals surface area contributed by atoms with Crippen molar-refractivity contribution in [2.24, 2.45) is 5.41 Å². The van der Waals surface area contributed by atoms with Crippen molar-refractivity contribution < 1.29 is 0 Å². The molecule has 10 rings (SSSR count). The summed E-state index contributed by atoms with van der Waals surface area (Å²) in [4.78, 5) is 0. The van der Waals surface area contributed by atoms with Gasteiger partial charge in [-0.25, -0.2) is 0 Å². The summed E-state index contributed by atoms with van der Waals surface area (Å²) in [5.41, 5.74) is 18.1. The maximum absolute atomic E-state index is 2.68. The second kappa shape index (κ2) is 16.8. The molecular formula is C61H50Si. The average molecular weight is 811 g/mol. The molecule has 0 radical (unpaired) electrons. The molecule has 8 aromatic rings. The lowest BCUT2D eigenvalue weighted by Gasteiger charge is -2.38. The van der Waals surface area contributed by atoms with Gasteiger partial charge >= 0.3 is 0 Å². The normalized spacial score (nSPS) is 15.7. The Morgan fingerprint density at radius 2 is 0.516 bits per heavy atom. The van der Waals surface area contributed by atoms with Crippen LogP contribution in [0, 0.1) is 5.41 Å². The maximum atomic E-state index is 2.68. The van der Waals surface area contributed by atoms with Gasteiger partial charge in [-0.15, -0.1) is 0 Å². The average Bonchev–Trinajstić information content (AvgIpc) is 3.79. The van der Waals surface area contributed by atoms with Crippen molar-refractivity contribution in [3.63, 3.8) is 0 Å². The molecule has 0 amide bonds. The highest BCUT2D eigenvalue weighted by atomic mass is 28.3. The van der Waals surface area contributed by atoms with E-state index >= 15 is 0 Å². The number of benzene rings is 8. The fraction of sp³-hybridized carbons (Fsp3) is 0.0820. The van der Waals surface area contributed by atoms with Crippen molar-refractivity contribution in [3.8, 4) is 0 Å². The summed E-state index contributed by atoms with van der Waals surface area (Å²) in [7, 11) is -2.68. The fourth-order valence-corrected chi connectivity index (χ4v) is 15.7. The molecular weight excluding hydrogens is 761 g/mol. The molecule has 0 nitrogen and oxygen atoms in total. The van der Waals surface area contributed by atoms with E-state index in [1.54, 1.807) is 0 Å². The Morgan fingerprint density at radius 3 is 0.790 bits per heavy atom. The SMILES string of the molecule is CC1(CC[Si]2(C)C(c3ccccc3)=C(c3ccccc3)C(c3ccccc3)=C2c2ccccc2)C(c2ccccc2)=C(c2ccccc2)C(c2ccccc2)=C1c1ccccc1. The van der Waals surface area contributed by atoms with E-state index in [0.717, 1.165) is 12.5 Å². The molecule has 8 aromatic carbocycles. The quantitative estimate of drug-likeness (QED) is 0.114. The maximum Gasteiger partial charge on any atom is 0.118 e. The van der Waals surface area contributed by atoms with Crippen LogP contribution in [-0.4, -0.2) is 8.07 Å². The minimum Gasteiger partial charge on any atom is -0.0622 e. The Balaban J connectivity index is 1.29. The van der Waals surface area contributed by atoms with E-state index < -0.39 is 8.07 Å². The zero-order valence-corrected chi connectivity index (χ0v) is 36.5. The van der Waals surface area contributed by atoms with Gasteiger partial charge in [0.2, 0.25) is 0 Å². The van der Waals surface area contributed by atoms with Gasteiger partial charge in [-0.05, 0) is 101 Å². The highest BCUT2D eigenvalue weighted by Crippen LogP contribution is 2.65. The summed E-state index contributed by atoms with van der Waals surface area (Å²) in [6.07, 6.45) is 0.952. The highest BCUT2D eigenvalue weighted by molar-refractivity contribution is 7.14. The summed E-state index contributed by atoms with van der Waals surface area (Å²) in [6.45, 7) is 5.25. The number of hydrogen-bond donors (Lipinski definition) is 0. The van der Waals surface area contributed by atoms with Gasteiger partial charge in [0.05, 0.1) is 0 Å². The van der Waals surface area contributed by atoms with Crippen LogP contribution in [0.2, 0.25) is 12.6 Å². The summed E-state index contributed by atoms with van der Waals surface area (Å²) >= 11 is 0. The lowest BCUT2D eigenvalue weighted by atomic mass is 9.71. The minimum atomic E-state index is -2.68. The first-order valence-corrected chi connectivity index (χ1v) is 24.7. The van der Waals surface area contributed by atoms with Crippen LogP contribution in [0.4, 0.5) is 0 Å². The van der Waals surface area contributed by atoms with Crippen LogP contribution in [0.25, 0.3) is 43.8 Å². The summed E-state index contributed by atoms with van der Waals surface area (Å²) in [5, 5.41) is 3.04. The topological polar surface area (TPSA) is 0 Å². The molecule has 0 spiro atoms. The zero-order valence-electron chi connectivity index (χ0n) is 35.5. The van der Waals surface area contributed by atoms with Crippen LogP contribution in [0.1, 0.15) is 57.9 Å². The van der Waals surface area contributed by atoms with Gasteiger partial charge in [0.1, 0.15) is 8.07 Å². The predicted molar refractivity (Wildman–Crippen MR) is 268 cm³/mol. The monoisotopic (exact) mass is 810 g/mol. The van der Waals surface area contributed by atoms with Crippen LogP contribution in [0.5, 0.6) is 0 Å². The van der Waals surface area contributed by atoms with Crippen molar-refractivity contribution in [3.05, 3.63) is 287 Å². The third-order valence-corrected chi connectivity index (χ3v) is 17.9. The molecule has 0 saturated carbocycles. The second-order valence-corrected chi connectivity index (χ2v) is 21.3. The predicted octanol–water partition coefficient (Wildman–Crippen LogP) is 16.0. The largest absolute Gasteiger partial charge is 0.118 e. The standard InChI is InChI=1S/C61H50Si/c1-61(57(49-35-19-7-20-36-49)53(45-27-11-3-12-28-45)54(46-29-13-4-14-30-46)58(61)50-37-21-8-22-38-50)43-44-62(2)59(51-39-23-9-24-40-51)55(47-31-15-5-16-32-47)56(48-33-17-6-18-34-48)60(62)52-41-25-10-26-42-52/h3-42H,43-44H2,1-2H3. The van der Waals surface area contributed by atoms with Crippen molar-refractivity contribution in [2.75, 3.05) is 0 Å². The lowest BCUT2D eigenvalue weighted by Crippen LogP contribution is -2.35. The van der Waals surface area contributed by atoms with E-state index in [1.807, 2.05) is 0 Å². The van der Waals surface area contributed by atoms with Gasteiger partial charge in [0.15, 0.2) is 0 Å². The molecule has 2 aliphatic rings. The lowest BCUT2D eigenvalue weighted by molar-refractivity contribution is 0.575. The van der Waals surface area contributed by atoms with Crippen LogP contribution in [0.15, 0.2) is 243 Å². The molecule has 1 aliphatic heterocycles. The molecule has 0 saturated heterocycles. The molecule has 1 aliphatic carbocycles. The molecule has 298 valence electrons. The summed E-state index contributed by atoms with van der Waals surface area (Å²) < 4.78 is 0. The Labute approximate surface area is 368 Å². The summed E-state index contributed by atoms with van der Waals surface area (Å²) in [5.74, 6) is 0. The van der Waals surface area contributed by atoms with E-state index in [-0.39, 0.29) is 5.41 Å². The van der Waals surface area contributed by atoms with Crippen LogP contribution < -0.4 is 0 Å². The molecule has 0 N–H and O–H groups in total. The van der Waals surface area contributed by atoms with Gasteiger partial charge in [0.25, 0.3) is 0 Å². The molecule has 1 heteroatoms. The van der Waals surface area contributed by atoms with Gasteiger partial charge in [0, 0.05) is 5.41 Å². The van der Waals surface area contributed by atoms with Crippen molar-refractivity contribution in [2.45, 2.75) is 25.9 Å². The van der Waals surface area contributed by atoms with Gasteiger partial charge in [-0.3, -0.25) is 0 Å². The van der Waals surface area contributed by atoms with Gasteiger partial charge in [-0.1, -0.05) is 256 Å². The first-order chi connectivity index (χ1) is 30.6. The van der Waals surface area contributed by atoms with E-state index in [9.17, 15) is 0 Å². The first kappa shape index (κ1) is 39.1. The van der Waals surface area contributed by atoms with Crippen LogP contribution >= 0.6 is 0 Å². The molecule has 0 unspecified atom stereocenters. The first-order valence-electron chi connectivity index (χ1n) is 22.0. The number of hydrogen-bond acceptors (Lipinski definition) is 0. The Kier molecular flexibility index (Phi) is 10.6. The fourth-order valence-electron chi connectivity index (χ4n) is 10.7. The van der Waals surface area contributed by atoms with E-state index in [1.165, 1.54) is 88.3 Å². The summed E-state index contributed by atoms with van der Waals surface area (Å²) in [6, 6.07) is 91.0. The Hall–Kier alpha value is -7.06. The third kappa shape index (κ3) is 6.89. The van der Waals surface area contributed by atoms with Crippen molar-refractivity contribution in [1.29, 1.82) is 0 Å². The Bertz CT molecular complexity index is 2540. The molecule has 0 aromatic heterocycles. The highest BCUT2D eigenvalue weighted by Gasteiger charge is 2.51. The van der Waals surface area contributed by atoms with Crippen LogP contribution in [0.3, 0.4) is 0 Å². The third-order valence-electron chi connectivity index (χ3n) is 13.3. The molecule has 1 heterocycles. The molecule has 62 heavy (non-hydrogen) atoms. The van der Waals surface area contributed by atoms with Crippen molar-refractivity contribution >= 4 is 51.9 Å². The second-order valence-electron chi connectivity index (χ2n) is 17.1. The van der Waals surface area contributed by atoms with Crippen LogP contribution in [-0.2, 0) is 0 Å². The molecule has 0 fully saturated rings. The van der Waals surface area contributed by atoms with Gasteiger partial charge < -0.3 is 0 Å². The smallest absolute Gasteiger partial charge is 0.0622 e. The van der Waals surface area contributed by atoms with E-state index in [4.69, 9.17) is 0 Å². The Morgan fingerprint density at radius 1 is 0.290 bits per heavy atom. The van der Waals surface area contributed by atoms with Crippen molar-refractivity contribution in [1.82, 2.24) is 0 Å². The number of rotatable bonds is 11. The number of allylic oxidation sites excluding steroid dienone is 6. The zero-order chi connectivity index (χ0) is 41.9. The van der Waals surface area contributed by atoms with Gasteiger partial charge in [-0.2, -0.15) is 0 Å². The van der Waals surface area contributed by atoms with E-state index in [0.29, 0.717) is 0 Å². The minimum absolute atomic E-state index is 0.374. The molecule has 0 bridgehead atoms.